The van der Waals surface area contributed by atoms with Crippen molar-refractivity contribution in [1.29, 1.82) is 0 Å². The summed E-state index contributed by atoms with van der Waals surface area (Å²) in [7, 11) is 0. The third kappa shape index (κ3) is 7.11. The number of fused-ring (bicyclic) bond motifs is 2. The Balaban J connectivity index is 1.91. The van der Waals surface area contributed by atoms with Crippen LogP contribution in [0.25, 0.3) is 0 Å². The van der Waals surface area contributed by atoms with Gasteiger partial charge in [0.25, 0.3) is 0 Å². The summed E-state index contributed by atoms with van der Waals surface area (Å²) >= 11 is 0. The molecule has 0 fully saturated rings. The van der Waals surface area contributed by atoms with Gasteiger partial charge >= 0.3 is 0 Å². The molecule has 1 aliphatic heterocycles. The first kappa shape index (κ1) is 15.8. The molecule has 5 nitrogen and oxygen atoms in total. The highest BCUT2D eigenvalue weighted by Crippen LogP contribution is 1.96. The number of hydrogen-bond acceptors (Lipinski definition) is 5. The number of aliphatic imine (C=N–C) groups is 2. The molecule has 5 heteroatoms. The highest BCUT2D eigenvalue weighted by atomic mass is 14.9. The molecular weight excluding hydrogens is 262 g/mol. The van der Waals surface area contributed by atoms with Crippen LogP contribution in [0.3, 0.4) is 0 Å². The molecule has 2 rings (SSSR count). The van der Waals surface area contributed by atoms with Crippen LogP contribution in [0.2, 0.25) is 0 Å². The van der Waals surface area contributed by atoms with Gasteiger partial charge in [-0.05, 0) is 57.6 Å². The summed E-state index contributed by atoms with van der Waals surface area (Å²) in [5.41, 5.74) is 1.80. The van der Waals surface area contributed by atoms with Crippen molar-refractivity contribution < 1.29 is 0 Å². The van der Waals surface area contributed by atoms with E-state index in [9.17, 15) is 0 Å². The van der Waals surface area contributed by atoms with Gasteiger partial charge < -0.3 is 10.6 Å². The molecule has 0 radical (unpaired) electrons. The molecule has 0 aliphatic carbocycles. The van der Waals surface area contributed by atoms with Crippen molar-refractivity contribution in [2.24, 2.45) is 9.98 Å². The third-order valence-electron chi connectivity index (χ3n) is 3.23. The van der Waals surface area contributed by atoms with E-state index in [0.29, 0.717) is 0 Å². The SMILES string of the molecule is C1=NCCCNCCCNCCCN=Cc2cccc1n2. The molecule has 0 saturated heterocycles. The van der Waals surface area contributed by atoms with E-state index < -0.39 is 0 Å². The summed E-state index contributed by atoms with van der Waals surface area (Å²) in [6.45, 7) is 5.86. The number of aromatic nitrogens is 1. The summed E-state index contributed by atoms with van der Waals surface area (Å²) in [6, 6.07) is 5.94. The molecule has 0 aromatic carbocycles. The minimum absolute atomic E-state index is 0.839. The number of pyridine rings is 1. The molecule has 114 valence electrons. The molecule has 2 heterocycles. The Labute approximate surface area is 127 Å². The summed E-state index contributed by atoms with van der Waals surface area (Å²) < 4.78 is 0. The quantitative estimate of drug-likeness (QED) is 0.756. The van der Waals surface area contributed by atoms with E-state index in [-0.39, 0.29) is 0 Å². The van der Waals surface area contributed by atoms with Crippen LogP contribution in [-0.4, -0.2) is 56.7 Å². The van der Waals surface area contributed by atoms with Crippen molar-refractivity contribution >= 4 is 12.4 Å². The van der Waals surface area contributed by atoms with E-state index in [4.69, 9.17) is 0 Å². The van der Waals surface area contributed by atoms with Crippen LogP contribution in [-0.2, 0) is 0 Å². The van der Waals surface area contributed by atoms with Gasteiger partial charge in [0.2, 0.25) is 0 Å². The zero-order valence-electron chi connectivity index (χ0n) is 12.6. The van der Waals surface area contributed by atoms with E-state index in [1.54, 1.807) is 0 Å². The van der Waals surface area contributed by atoms with Crippen molar-refractivity contribution in [3.63, 3.8) is 0 Å². The Kier molecular flexibility index (Phi) is 7.66. The van der Waals surface area contributed by atoms with Crippen LogP contribution in [0.15, 0.2) is 28.2 Å². The average molecular weight is 287 g/mol. The number of nitrogens with one attached hydrogen (secondary N) is 2. The van der Waals surface area contributed by atoms with Gasteiger partial charge in [0, 0.05) is 25.5 Å². The van der Waals surface area contributed by atoms with Crippen LogP contribution in [0.4, 0.5) is 0 Å². The minimum Gasteiger partial charge on any atom is -0.317 e. The third-order valence-corrected chi connectivity index (χ3v) is 3.23. The maximum atomic E-state index is 4.51. The van der Waals surface area contributed by atoms with E-state index in [1.165, 1.54) is 6.42 Å². The van der Waals surface area contributed by atoms with Gasteiger partial charge in [-0.1, -0.05) is 6.07 Å². The smallest absolute Gasteiger partial charge is 0.0815 e. The van der Waals surface area contributed by atoms with Crippen LogP contribution in [0, 0.1) is 0 Å². The molecule has 0 atom stereocenters. The van der Waals surface area contributed by atoms with Crippen LogP contribution in [0.5, 0.6) is 0 Å². The first-order valence-corrected chi connectivity index (χ1v) is 7.83. The van der Waals surface area contributed by atoms with Gasteiger partial charge in [-0.3, -0.25) is 9.98 Å². The van der Waals surface area contributed by atoms with E-state index in [1.807, 2.05) is 30.6 Å². The lowest BCUT2D eigenvalue weighted by atomic mass is 10.3. The second-order valence-corrected chi connectivity index (χ2v) is 5.12. The van der Waals surface area contributed by atoms with Crippen LogP contribution in [0.1, 0.15) is 30.7 Å². The molecule has 1 aromatic heterocycles. The molecule has 2 N–H and O–H groups in total. The van der Waals surface area contributed by atoms with Crippen molar-refractivity contribution in [2.45, 2.75) is 19.3 Å². The molecule has 21 heavy (non-hydrogen) atoms. The van der Waals surface area contributed by atoms with E-state index >= 15 is 0 Å². The molecular formula is C16H25N5. The fourth-order valence-corrected chi connectivity index (χ4v) is 2.11. The molecule has 0 unspecified atom stereocenters. The zero-order valence-corrected chi connectivity index (χ0v) is 12.6. The van der Waals surface area contributed by atoms with Crippen molar-refractivity contribution in [1.82, 2.24) is 15.6 Å². The Morgan fingerprint density at radius 3 is 1.81 bits per heavy atom. The Morgan fingerprint density at radius 2 is 1.24 bits per heavy atom. The summed E-state index contributed by atoms with van der Waals surface area (Å²) in [4.78, 5) is 13.4. The Bertz CT molecular complexity index is 418. The second-order valence-electron chi connectivity index (χ2n) is 5.12. The predicted octanol–water partition coefficient (Wildman–Crippen LogP) is 1.28. The topological polar surface area (TPSA) is 61.7 Å². The fourth-order valence-electron chi connectivity index (χ4n) is 2.11. The largest absolute Gasteiger partial charge is 0.317 e. The highest BCUT2D eigenvalue weighted by molar-refractivity contribution is 5.81. The van der Waals surface area contributed by atoms with Gasteiger partial charge in [-0.2, -0.15) is 0 Å². The first-order valence-electron chi connectivity index (χ1n) is 7.83. The van der Waals surface area contributed by atoms with Gasteiger partial charge in [-0.15, -0.1) is 0 Å². The van der Waals surface area contributed by atoms with Crippen molar-refractivity contribution in [3.8, 4) is 0 Å². The van der Waals surface area contributed by atoms with Gasteiger partial charge in [0.1, 0.15) is 0 Å². The number of nitrogens with zero attached hydrogens (tertiary/aromatic N) is 3. The fraction of sp³-hybridized carbons (Fsp3) is 0.562. The summed E-state index contributed by atoms with van der Waals surface area (Å²) in [6.07, 6.45) is 6.99. The maximum Gasteiger partial charge on any atom is 0.0815 e. The van der Waals surface area contributed by atoms with Gasteiger partial charge in [0.15, 0.2) is 0 Å². The van der Waals surface area contributed by atoms with E-state index in [2.05, 4.69) is 25.6 Å². The van der Waals surface area contributed by atoms with E-state index in [0.717, 1.165) is 63.5 Å². The first-order chi connectivity index (χ1) is 10.4. The lowest BCUT2D eigenvalue weighted by Crippen LogP contribution is -2.24. The van der Waals surface area contributed by atoms with Crippen LogP contribution >= 0.6 is 0 Å². The average Bonchev–Trinajstić information content (AvgIpc) is 2.51. The highest BCUT2D eigenvalue weighted by Gasteiger charge is 1.94. The van der Waals surface area contributed by atoms with Gasteiger partial charge in [-0.25, -0.2) is 4.98 Å². The lowest BCUT2D eigenvalue weighted by molar-refractivity contribution is 0.580. The molecule has 0 amide bonds. The van der Waals surface area contributed by atoms with Crippen molar-refractivity contribution in [3.05, 3.63) is 29.6 Å². The summed E-state index contributed by atoms with van der Waals surface area (Å²) in [5.74, 6) is 0. The number of rotatable bonds is 0. The number of hydrogen-bond donors (Lipinski definition) is 2. The molecule has 2 bridgehead atoms. The molecule has 0 spiro atoms. The normalized spacial score (nSPS) is 18.9. The predicted molar refractivity (Wildman–Crippen MR) is 88.7 cm³/mol. The summed E-state index contributed by atoms with van der Waals surface area (Å²) in [5, 5.41) is 6.88. The molecule has 0 saturated carbocycles. The molecule has 1 aliphatic rings. The Hall–Kier alpha value is -1.59. The van der Waals surface area contributed by atoms with Crippen LogP contribution < -0.4 is 10.6 Å². The second kappa shape index (κ2) is 10.2. The minimum atomic E-state index is 0.839. The maximum absolute atomic E-state index is 4.51. The Morgan fingerprint density at radius 1 is 0.714 bits per heavy atom. The zero-order chi connectivity index (χ0) is 14.6. The van der Waals surface area contributed by atoms with Crippen molar-refractivity contribution in [2.75, 3.05) is 39.3 Å². The lowest BCUT2D eigenvalue weighted by Gasteiger charge is -2.05. The van der Waals surface area contributed by atoms with Gasteiger partial charge in [0.05, 0.1) is 11.4 Å². The standard InChI is InChI=1S/C16H25N5/c1-5-15-13-19-11-3-9-17-7-2-8-18-10-4-12-20-14-16(6-1)21-15/h1,5-6,13-14,17-18H,2-4,7-12H2. The molecule has 1 aromatic rings. The monoisotopic (exact) mass is 287 g/mol.